The number of Topliss-reactive ketones (excluding diaryl/α,β-unsaturated/α-hetero) is 1. The fourth-order valence-corrected chi connectivity index (χ4v) is 3.19. The van der Waals surface area contributed by atoms with E-state index in [-0.39, 0.29) is 11.7 Å². The van der Waals surface area contributed by atoms with Crippen LogP contribution in [0.2, 0.25) is 0 Å². The van der Waals surface area contributed by atoms with Gasteiger partial charge in [0.05, 0.1) is 17.7 Å². The number of nitrogens with one attached hydrogen (secondary N) is 1. The number of aromatic nitrogens is 2. The summed E-state index contributed by atoms with van der Waals surface area (Å²) < 4.78 is 9.99. The number of ketones is 1. The maximum absolute atomic E-state index is 12.2. The fourth-order valence-electron chi connectivity index (χ4n) is 2.05. The van der Waals surface area contributed by atoms with Gasteiger partial charge in [0.1, 0.15) is 5.00 Å². The van der Waals surface area contributed by atoms with Crippen LogP contribution in [0.3, 0.4) is 0 Å². The monoisotopic (exact) mass is 308 g/mol. The van der Waals surface area contributed by atoms with Crippen LogP contribution in [-0.4, -0.2) is 29.6 Å². The van der Waals surface area contributed by atoms with E-state index in [9.17, 15) is 4.79 Å². The molecule has 0 atom stereocenters. The summed E-state index contributed by atoms with van der Waals surface area (Å²) in [6.07, 6.45) is 3.83. The van der Waals surface area contributed by atoms with Crippen molar-refractivity contribution in [2.24, 2.45) is 5.92 Å². The smallest absolute Gasteiger partial charge is 0.213 e. The predicted molar refractivity (Wildman–Crippen MR) is 78.8 cm³/mol. The van der Waals surface area contributed by atoms with Gasteiger partial charge in [0.2, 0.25) is 6.39 Å². The molecule has 0 unspecified atom stereocenters. The summed E-state index contributed by atoms with van der Waals surface area (Å²) in [6.45, 7) is 0.604. The van der Waals surface area contributed by atoms with Crippen molar-refractivity contribution in [3.63, 3.8) is 0 Å². The van der Waals surface area contributed by atoms with E-state index in [0.29, 0.717) is 35.1 Å². The maximum atomic E-state index is 12.2. The fraction of sp³-hybridized carbons (Fsp3) is 0.462. The largest absolute Gasteiger partial charge is 0.492 e. The van der Waals surface area contributed by atoms with Crippen LogP contribution in [-0.2, 0) is 6.42 Å². The molecule has 0 bridgehead atoms. The summed E-state index contributed by atoms with van der Waals surface area (Å²) >= 11 is 1.35. The van der Waals surface area contributed by atoms with E-state index in [4.69, 9.17) is 10.5 Å². The number of ether oxygens (including phenoxy) is 1. The van der Waals surface area contributed by atoms with Crippen LogP contribution in [0.5, 0.6) is 5.75 Å². The van der Waals surface area contributed by atoms with Gasteiger partial charge >= 0.3 is 0 Å². The van der Waals surface area contributed by atoms with Gasteiger partial charge in [0.15, 0.2) is 17.4 Å². The van der Waals surface area contributed by atoms with Crippen LogP contribution in [0.15, 0.2) is 10.9 Å². The number of anilines is 2. The van der Waals surface area contributed by atoms with Crippen LogP contribution in [0.25, 0.3) is 0 Å². The van der Waals surface area contributed by atoms with Crippen molar-refractivity contribution in [2.45, 2.75) is 19.3 Å². The third kappa shape index (κ3) is 2.85. The highest BCUT2D eigenvalue weighted by molar-refractivity contribution is 7.19. The molecule has 21 heavy (non-hydrogen) atoms. The average Bonchev–Trinajstić information content (AvgIpc) is 3.11. The third-order valence-electron chi connectivity index (χ3n) is 3.32. The highest BCUT2D eigenvalue weighted by atomic mass is 32.1. The van der Waals surface area contributed by atoms with Crippen molar-refractivity contribution in [3.05, 3.63) is 17.1 Å². The molecule has 1 fully saturated rings. The lowest BCUT2D eigenvalue weighted by Crippen LogP contribution is -2.05. The highest BCUT2D eigenvalue weighted by Gasteiger charge is 2.34. The minimum absolute atomic E-state index is 0.127. The first-order valence-corrected chi connectivity index (χ1v) is 7.52. The van der Waals surface area contributed by atoms with E-state index in [1.807, 2.05) is 0 Å². The van der Waals surface area contributed by atoms with E-state index in [1.165, 1.54) is 17.7 Å². The molecular formula is C13H16N4O3S. The van der Waals surface area contributed by atoms with E-state index in [1.54, 1.807) is 7.11 Å². The third-order valence-corrected chi connectivity index (χ3v) is 4.48. The minimum atomic E-state index is 0.127. The molecule has 1 aliphatic rings. The van der Waals surface area contributed by atoms with E-state index in [2.05, 4.69) is 20.0 Å². The van der Waals surface area contributed by atoms with E-state index >= 15 is 0 Å². The molecule has 2 heterocycles. The van der Waals surface area contributed by atoms with Gasteiger partial charge in [-0.25, -0.2) is 0 Å². The molecule has 3 rings (SSSR count). The van der Waals surface area contributed by atoms with E-state index < -0.39 is 0 Å². The standard InChI is InChI=1S/C13H16N4O3S/c1-19-11-9(14)12(10(18)7-2-3-7)21-13(11)15-5-4-8-16-6-20-17-8/h6-7,15H,2-5,14H2,1H3. The number of carbonyl (C=O) groups is 1. The second-order valence-electron chi connectivity index (χ2n) is 4.87. The number of hydrogen-bond acceptors (Lipinski definition) is 8. The summed E-state index contributed by atoms with van der Waals surface area (Å²) in [5.41, 5.74) is 6.46. The quantitative estimate of drug-likeness (QED) is 0.754. The normalized spacial score (nSPS) is 14.1. The van der Waals surface area contributed by atoms with Crippen molar-refractivity contribution in [1.82, 2.24) is 10.1 Å². The van der Waals surface area contributed by atoms with Crippen molar-refractivity contribution in [2.75, 3.05) is 24.7 Å². The number of nitrogens with two attached hydrogens (primary N) is 1. The number of rotatable bonds is 7. The topological polar surface area (TPSA) is 103 Å². The summed E-state index contributed by atoms with van der Waals surface area (Å²) in [6, 6.07) is 0. The molecule has 7 nitrogen and oxygen atoms in total. The summed E-state index contributed by atoms with van der Waals surface area (Å²) in [7, 11) is 1.55. The Morgan fingerprint density at radius 2 is 2.43 bits per heavy atom. The Bertz CT molecular complexity index is 634. The van der Waals surface area contributed by atoms with Crippen LogP contribution in [0, 0.1) is 5.92 Å². The Morgan fingerprint density at radius 1 is 1.62 bits per heavy atom. The number of nitrogen functional groups attached to an aromatic ring is 1. The summed E-state index contributed by atoms with van der Waals surface area (Å²) in [4.78, 5) is 16.7. The minimum Gasteiger partial charge on any atom is -0.492 e. The van der Waals surface area contributed by atoms with Gasteiger partial charge in [0.25, 0.3) is 0 Å². The van der Waals surface area contributed by atoms with Crippen molar-refractivity contribution < 1.29 is 14.1 Å². The first kappa shape index (κ1) is 13.9. The first-order valence-electron chi connectivity index (χ1n) is 6.70. The zero-order valence-corrected chi connectivity index (χ0v) is 12.4. The van der Waals surface area contributed by atoms with Crippen molar-refractivity contribution >= 4 is 27.8 Å². The van der Waals surface area contributed by atoms with Gasteiger partial charge in [0, 0.05) is 18.9 Å². The summed E-state index contributed by atoms with van der Waals surface area (Å²) in [5.74, 6) is 1.43. The van der Waals surface area contributed by atoms with Crippen LogP contribution in [0.1, 0.15) is 28.3 Å². The molecule has 2 aromatic heterocycles. The predicted octanol–water partition coefficient (Wildman–Crippen LogP) is 1.97. The molecule has 1 aliphatic carbocycles. The van der Waals surface area contributed by atoms with Gasteiger partial charge in [-0.05, 0) is 12.8 Å². The Hall–Kier alpha value is -2.09. The lowest BCUT2D eigenvalue weighted by molar-refractivity contribution is 0.0972. The molecule has 2 aromatic rings. The Labute approximate surface area is 125 Å². The Kier molecular flexibility index (Phi) is 3.78. The molecule has 1 saturated carbocycles. The van der Waals surface area contributed by atoms with Crippen LogP contribution >= 0.6 is 11.3 Å². The molecular weight excluding hydrogens is 292 g/mol. The molecule has 8 heteroatoms. The second kappa shape index (κ2) is 5.72. The lowest BCUT2D eigenvalue weighted by Gasteiger charge is -2.05. The van der Waals surface area contributed by atoms with Crippen molar-refractivity contribution in [1.29, 1.82) is 0 Å². The molecule has 0 amide bonds. The van der Waals surface area contributed by atoms with Gasteiger partial charge < -0.3 is 20.3 Å². The van der Waals surface area contributed by atoms with Crippen molar-refractivity contribution in [3.8, 4) is 5.75 Å². The number of carbonyl (C=O) groups excluding carboxylic acids is 1. The maximum Gasteiger partial charge on any atom is 0.213 e. The molecule has 112 valence electrons. The van der Waals surface area contributed by atoms with Crippen LogP contribution < -0.4 is 15.8 Å². The zero-order chi connectivity index (χ0) is 14.8. The van der Waals surface area contributed by atoms with Gasteiger partial charge in [-0.2, -0.15) is 4.98 Å². The van der Waals surface area contributed by atoms with Crippen LogP contribution in [0.4, 0.5) is 10.7 Å². The number of hydrogen-bond donors (Lipinski definition) is 2. The second-order valence-corrected chi connectivity index (χ2v) is 5.89. The molecule has 0 spiro atoms. The summed E-state index contributed by atoms with van der Waals surface area (Å²) in [5, 5.41) is 7.72. The average molecular weight is 308 g/mol. The number of methoxy groups -OCH3 is 1. The zero-order valence-electron chi connectivity index (χ0n) is 11.6. The molecule has 0 saturated heterocycles. The number of nitrogens with zero attached hydrogens (tertiary/aromatic N) is 2. The Balaban J connectivity index is 1.71. The van der Waals surface area contributed by atoms with Gasteiger partial charge in [-0.3, -0.25) is 4.79 Å². The lowest BCUT2D eigenvalue weighted by atomic mass is 10.2. The molecule has 0 aliphatic heterocycles. The SMILES string of the molecule is COc1c(NCCc2ncon2)sc(C(=O)C2CC2)c1N. The first-order chi connectivity index (χ1) is 10.2. The van der Waals surface area contributed by atoms with Gasteiger partial charge in [-0.1, -0.05) is 5.16 Å². The number of thiophene rings is 1. The molecule has 0 radical (unpaired) electrons. The van der Waals surface area contributed by atoms with E-state index in [0.717, 1.165) is 17.8 Å². The Morgan fingerprint density at radius 3 is 3.05 bits per heavy atom. The molecule has 3 N–H and O–H groups in total. The van der Waals surface area contributed by atoms with Gasteiger partial charge in [-0.15, -0.1) is 11.3 Å². The highest BCUT2D eigenvalue weighted by Crippen LogP contribution is 2.45. The molecule has 0 aromatic carbocycles.